The molecule has 2 heterocycles. The first-order valence-electron chi connectivity index (χ1n) is 10.2. The molecular weight excluding hydrogens is 422 g/mol. The molecule has 0 saturated carbocycles. The zero-order valence-electron chi connectivity index (χ0n) is 17.9. The monoisotopic (exact) mass is 441 g/mol. The number of methoxy groups -OCH3 is 2. The van der Waals surface area contributed by atoms with E-state index in [4.69, 9.17) is 18.9 Å². The Labute approximate surface area is 189 Å². The summed E-state index contributed by atoms with van der Waals surface area (Å²) < 4.78 is 21.7. The minimum Gasteiger partial charge on any atom is -0.497 e. The topological polar surface area (TPSA) is 86.8 Å². The number of esters is 1. The molecule has 3 aromatic carbocycles. The largest absolute Gasteiger partial charge is 0.497 e. The van der Waals surface area contributed by atoms with Gasteiger partial charge in [0.1, 0.15) is 23.0 Å². The standard InChI is InChI=1S/C26H19NO6/c1-30-18-9-15(10-19(12-18)31-2)26(29)32-17-7-8-21-23(13-17)33-24(25(21)28)11-16-14-27-22-6-4-3-5-20(16)22/h3-14,27H,1-2H3. The molecule has 0 aliphatic carbocycles. The van der Waals surface area contributed by atoms with Gasteiger partial charge in [0.15, 0.2) is 5.76 Å². The van der Waals surface area contributed by atoms with Crippen molar-refractivity contribution in [3.8, 4) is 23.0 Å². The van der Waals surface area contributed by atoms with Gasteiger partial charge in [0.2, 0.25) is 5.78 Å². The molecule has 0 saturated heterocycles. The van der Waals surface area contributed by atoms with Gasteiger partial charge in [0, 0.05) is 34.8 Å². The highest BCUT2D eigenvalue weighted by molar-refractivity contribution is 6.15. The second-order valence-electron chi connectivity index (χ2n) is 7.38. The summed E-state index contributed by atoms with van der Waals surface area (Å²) in [5, 5.41) is 0.987. The Hall–Kier alpha value is -4.52. The molecule has 1 aliphatic heterocycles. The molecular formula is C26H19NO6. The number of allylic oxidation sites excluding steroid dienone is 1. The van der Waals surface area contributed by atoms with Gasteiger partial charge in [-0.15, -0.1) is 0 Å². The van der Waals surface area contributed by atoms with E-state index < -0.39 is 5.97 Å². The lowest BCUT2D eigenvalue weighted by molar-refractivity contribution is 0.0733. The van der Waals surface area contributed by atoms with E-state index in [2.05, 4.69) is 4.98 Å². The molecule has 1 N–H and O–H groups in total. The Kier molecular flexibility index (Phi) is 5.06. The minimum absolute atomic E-state index is 0.204. The molecule has 7 heteroatoms. The number of carbonyl (C=O) groups is 2. The minimum atomic E-state index is -0.592. The van der Waals surface area contributed by atoms with Crippen LogP contribution < -0.4 is 18.9 Å². The fraction of sp³-hybridized carbons (Fsp3) is 0.0769. The number of hydrogen-bond donors (Lipinski definition) is 1. The quantitative estimate of drug-likeness (QED) is 0.266. The first-order valence-corrected chi connectivity index (χ1v) is 10.2. The Morgan fingerprint density at radius 2 is 1.70 bits per heavy atom. The summed E-state index contributed by atoms with van der Waals surface area (Å²) in [7, 11) is 3.00. The summed E-state index contributed by atoms with van der Waals surface area (Å²) in [4.78, 5) is 28.6. The smallest absolute Gasteiger partial charge is 0.343 e. The third-order valence-electron chi connectivity index (χ3n) is 5.35. The van der Waals surface area contributed by atoms with Crippen molar-refractivity contribution in [2.75, 3.05) is 14.2 Å². The molecule has 33 heavy (non-hydrogen) atoms. The first kappa shape index (κ1) is 20.4. The second kappa shape index (κ2) is 8.20. The third-order valence-corrected chi connectivity index (χ3v) is 5.35. The molecule has 1 aromatic heterocycles. The van der Waals surface area contributed by atoms with E-state index in [0.29, 0.717) is 22.8 Å². The number of rotatable bonds is 5. The summed E-state index contributed by atoms with van der Waals surface area (Å²) in [5.74, 6) is 0.904. The van der Waals surface area contributed by atoms with Crippen LogP contribution in [0.1, 0.15) is 26.3 Å². The van der Waals surface area contributed by atoms with Crippen LogP contribution in [0.4, 0.5) is 0 Å². The van der Waals surface area contributed by atoms with Crippen LogP contribution in [0.3, 0.4) is 0 Å². The number of ether oxygens (including phenoxy) is 4. The number of nitrogens with one attached hydrogen (secondary N) is 1. The molecule has 0 unspecified atom stereocenters. The molecule has 5 rings (SSSR count). The van der Waals surface area contributed by atoms with Crippen molar-refractivity contribution in [3.05, 3.63) is 89.3 Å². The van der Waals surface area contributed by atoms with E-state index in [0.717, 1.165) is 16.5 Å². The number of fused-ring (bicyclic) bond motifs is 2. The van der Waals surface area contributed by atoms with Crippen LogP contribution in [0.25, 0.3) is 17.0 Å². The summed E-state index contributed by atoms with van der Waals surface area (Å²) in [5.41, 5.74) is 2.49. The van der Waals surface area contributed by atoms with Crippen LogP contribution in [-0.4, -0.2) is 31.0 Å². The number of aromatic amines is 1. The highest BCUT2D eigenvalue weighted by Crippen LogP contribution is 2.36. The van der Waals surface area contributed by atoms with Crippen LogP contribution in [0, 0.1) is 0 Å². The average Bonchev–Trinajstić information content (AvgIpc) is 3.39. The number of benzene rings is 3. The van der Waals surface area contributed by atoms with E-state index in [1.807, 2.05) is 30.5 Å². The van der Waals surface area contributed by atoms with Crippen LogP contribution in [0.5, 0.6) is 23.0 Å². The Balaban J connectivity index is 1.39. The number of Topliss-reactive ketones (excluding diaryl/α,β-unsaturated/α-hetero) is 1. The van der Waals surface area contributed by atoms with Crippen LogP contribution in [0.15, 0.2) is 72.6 Å². The van der Waals surface area contributed by atoms with E-state index in [9.17, 15) is 9.59 Å². The van der Waals surface area contributed by atoms with Gasteiger partial charge in [-0.25, -0.2) is 4.79 Å². The van der Waals surface area contributed by atoms with Crippen molar-refractivity contribution in [2.24, 2.45) is 0 Å². The highest BCUT2D eigenvalue weighted by atomic mass is 16.5. The van der Waals surface area contributed by atoms with Crippen LogP contribution in [0.2, 0.25) is 0 Å². The molecule has 0 spiro atoms. The SMILES string of the molecule is COc1cc(OC)cc(C(=O)Oc2ccc3c(c2)OC(=Cc2c[nH]c4ccccc24)C3=O)c1. The van der Waals surface area contributed by atoms with Gasteiger partial charge >= 0.3 is 5.97 Å². The molecule has 1 aliphatic rings. The predicted molar refractivity (Wildman–Crippen MR) is 122 cm³/mol. The lowest BCUT2D eigenvalue weighted by Crippen LogP contribution is -2.09. The van der Waals surface area contributed by atoms with Gasteiger partial charge in [-0.3, -0.25) is 4.79 Å². The van der Waals surface area contributed by atoms with E-state index in [1.165, 1.54) is 20.3 Å². The molecule has 0 fully saturated rings. The number of ketones is 1. The van der Waals surface area contributed by atoms with Gasteiger partial charge in [-0.05, 0) is 36.4 Å². The fourth-order valence-electron chi connectivity index (χ4n) is 3.68. The zero-order valence-corrected chi connectivity index (χ0v) is 17.9. The Morgan fingerprint density at radius 1 is 0.939 bits per heavy atom. The summed E-state index contributed by atoms with van der Waals surface area (Å²) in [6.07, 6.45) is 3.53. The van der Waals surface area contributed by atoms with Crippen molar-refractivity contribution in [2.45, 2.75) is 0 Å². The maximum absolute atomic E-state index is 12.8. The Bertz CT molecular complexity index is 1410. The van der Waals surface area contributed by atoms with E-state index in [1.54, 1.807) is 36.4 Å². The number of hydrogen-bond acceptors (Lipinski definition) is 6. The van der Waals surface area contributed by atoms with Gasteiger partial charge < -0.3 is 23.9 Å². The molecule has 0 atom stereocenters. The van der Waals surface area contributed by atoms with Crippen molar-refractivity contribution < 1.29 is 28.5 Å². The molecule has 0 radical (unpaired) electrons. The van der Waals surface area contributed by atoms with E-state index in [-0.39, 0.29) is 22.9 Å². The van der Waals surface area contributed by atoms with Gasteiger partial charge in [0.05, 0.1) is 25.3 Å². The summed E-state index contributed by atoms with van der Waals surface area (Å²) in [6.45, 7) is 0. The highest BCUT2D eigenvalue weighted by Gasteiger charge is 2.28. The van der Waals surface area contributed by atoms with Crippen molar-refractivity contribution >= 4 is 28.7 Å². The van der Waals surface area contributed by atoms with Crippen LogP contribution in [-0.2, 0) is 0 Å². The summed E-state index contributed by atoms with van der Waals surface area (Å²) in [6, 6.07) is 17.2. The van der Waals surface area contributed by atoms with Crippen molar-refractivity contribution in [3.63, 3.8) is 0 Å². The maximum Gasteiger partial charge on any atom is 0.343 e. The normalized spacial score (nSPS) is 13.6. The zero-order chi connectivity index (χ0) is 22.9. The number of H-pyrrole nitrogens is 1. The second-order valence-corrected chi connectivity index (χ2v) is 7.38. The fourth-order valence-corrected chi connectivity index (χ4v) is 3.68. The molecule has 0 amide bonds. The van der Waals surface area contributed by atoms with Crippen LogP contribution >= 0.6 is 0 Å². The molecule has 7 nitrogen and oxygen atoms in total. The molecule has 164 valence electrons. The molecule has 0 bridgehead atoms. The Morgan fingerprint density at radius 3 is 2.45 bits per heavy atom. The van der Waals surface area contributed by atoms with Gasteiger partial charge in [-0.1, -0.05) is 18.2 Å². The molecule has 4 aromatic rings. The average molecular weight is 441 g/mol. The third kappa shape index (κ3) is 3.80. The van der Waals surface area contributed by atoms with Crippen molar-refractivity contribution in [1.29, 1.82) is 0 Å². The first-order chi connectivity index (χ1) is 16.1. The van der Waals surface area contributed by atoms with Gasteiger partial charge in [0.25, 0.3) is 0 Å². The van der Waals surface area contributed by atoms with Gasteiger partial charge in [-0.2, -0.15) is 0 Å². The number of para-hydroxylation sites is 1. The maximum atomic E-state index is 12.8. The lowest BCUT2D eigenvalue weighted by Gasteiger charge is -2.09. The van der Waals surface area contributed by atoms with Crippen molar-refractivity contribution in [1.82, 2.24) is 4.98 Å². The number of aromatic nitrogens is 1. The predicted octanol–water partition coefficient (Wildman–Crippen LogP) is 5.02. The summed E-state index contributed by atoms with van der Waals surface area (Å²) >= 11 is 0. The lowest BCUT2D eigenvalue weighted by atomic mass is 10.1. The van der Waals surface area contributed by atoms with E-state index >= 15 is 0 Å². The number of carbonyl (C=O) groups excluding carboxylic acids is 2.